The maximum Gasteiger partial charge on any atom is 0.481 e. The summed E-state index contributed by atoms with van der Waals surface area (Å²) in [5.74, 6) is -1.28. The number of nitrogens with one attached hydrogen (secondary N) is 2. The quantitative estimate of drug-likeness (QED) is 0.0331. The molecule has 1 aliphatic rings. The standard InChI is InChI=1S/C26H44N7O19P3S/c1-26(2,21(39)24(40)29-7-6-15(34)28-8-9-56-17(37)5-3-4-16(35)36)11-49-55(46,47)52-54(44,45)48-10-14-20(51-53(41,42)43)19(38)25(50-14)33-13-32-18-22(27)30-12-31-23(18)33/h12-14,16,19-21,25,35-36,38-39H,3-11H2,1-2H3,(H,28,34)(H,29,40)(H,44,45)(H,46,47)(H2,27,30,31)(H2,41,42,43)/t14-,19-,20-,21+,25-/m1/s1. The molecule has 7 atom stereocenters. The van der Waals surface area contributed by atoms with Gasteiger partial charge >= 0.3 is 23.5 Å². The molecule has 0 saturated carbocycles. The Morgan fingerprint density at radius 2 is 1.70 bits per heavy atom. The molecule has 3 rings (SSSR count). The predicted molar refractivity (Wildman–Crippen MR) is 189 cm³/mol. The molecule has 26 nitrogen and oxygen atoms in total. The summed E-state index contributed by atoms with van der Waals surface area (Å²) in [4.78, 5) is 87.1. The van der Waals surface area contributed by atoms with Gasteiger partial charge in [-0.1, -0.05) is 25.6 Å². The van der Waals surface area contributed by atoms with Gasteiger partial charge in [0.25, 0.3) is 0 Å². The van der Waals surface area contributed by atoms with E-state index in [0.29, 0.717) is 6.42 Å². The monoisotopic (exact) mass is 883 g/mol. The first-order valence-electron chi connectivity index (χ1n) is 16.3. The summed E-state index contributed by atoms with van der Waals surface area (Å²) in [6.07, 6.45) is -8.03. The number of nitrogens with two attached hydrogens (primary N) is 1. The van der Waals surface area contributed by atoms with Crippen molar-refractivity contribution in [2.75, 3.05) is 37.8 Å². The number of carbonyl (C=O) groups excluding carboxylic acids is 3. The molecule has 56 heavy (non-hydrogen) atoms. The fourth-order valence-electron chi connectivity index (χ4n) is 4.80. The summed E-state index contributed by atoms with van der Waals surface area (Å²) in [5, 5.41) is 43.6. The number of thioether (sulfide) groups is 1. The topological polar surface area (TPSA) is 404 Å². The number of amides is 2. The Morgan fingerprint density at radius 3 is 2.36 bits per heavy atom. The number of phosphoric ester groups is 3. The smallest absolute Gasteiger partial charge is 0.386 e. The molecule has 1 fully saturated rings. The largest absolute Gasteiger partial charge is 0.481 e. The molecular formula is C26H44N7O19P3S. The second-order valence-electron chi connectivity index (χ2n) is 12.7. The zero-order chi connectivity index (χ0) is 42.1. The van der Waals surface area contributed by atoms with Crippen molar-refractivity contribution in [2.24, 2.45) is 5.41 Å². The van der Waals surface area contributed by atoms with Crippen LogP contribution >= 0.6 is 35.2 Å². The van der Waals surface area contributed by atoms with E-state index in [1.54, 1.807) is 0 Å². The van der Waals surface area contributed by atoms with Gasteiger partial charge in [0.2, 0.25) is 11.8 Å². The van der Waals surface area contributed by atoms with Gasteiger partial charge in [-0.05, 0) is 12.8 Å². The first-order valence-corrected chi connectivity index (χ1v) is 21.8. The highest BCUT2D eigenvalue weighted by Gasteiger charge is 2.50. The first-order chi connectivity index (χ1) is 25.9. The zero-order valence-corrected chi connectivity index (χ0v) is 33.2. The van der Waals surface area contributed by atoms with Crippen LogP contribution in [0.1, 0.15) is 45.8 Å². The van der Waals surface area contributed by atoms with Crippen molar-refractivity contribution in [1.29, 1.82) is 0 Å². The van der Waals surface area contributed by atoms with E-state index in [4.69, 9.17) is 29.7 Å². The molecule has 0 aliphatic carbocycles. The van der Waals surface area contributed by atoms with Crippen molar-refractivity contribution in [3.8, 4) is 0 Å². The number of anilines is 1. The Kier molecular flexibility index (Phi) is 17.5. The normalized spacial score (nSPS) is 21.8. The van der Waals surface area contributed by atoms with Crippen molar-refractivity contribution >= 4 is 69.1 Å². The van der Waals surface area contributed by atoms with Crippen LogP contribution in [0.4, 0.5) is 5.82 Å². The van der Waals surface area contributed by atoms with Crippen LogP contribution in [0.25, 0.3) is 11.2 Å². The molecule has 2 unspecified atom stereocenters. The lowest BCUT2D eigenvalue weighted by atomic mass is 9.87. The molecule has 0 aromatic carbocycles. The summed E-state index contributed by atoms with van der Waals surface area (Å²) in [7, 11) is -16.4. The minimum absolute atomic E-state index is 0.0224. The van der Waals surface area contributed by atoms with Gasteiger partial charge in [0, 0.05) is 37.1 Å². The minimum Gasteiger partial charge on any atom is -0.386 e. The van der Waals surface area contributed by atoms with Crippen LogP contribution in [0.2, 0.25) is 0 Å². The Bertz CT molecular complexity index is 1820. The first kappa shape index (κ1) is 47.9. The molecule has 3 heterocycles. The summed E-state index contributed by atoms with van der Waals surface area (Å²) in [6.45, 7) is 0.314. The number of rotatable bonds is 23. The lowest BCUT2D eigenvalue weighted by molar-refractivity contribution is -0.137. The zero-order valence-electron chi connectivity index (χ0n) is 29.7. The van der Waals surface area contributed by atoms with E-state index < -0.39 is 90.8 Å². The number of aromatic nitrogens is 4. The van der Waals surface area contributed by atoms with E-state index in [1.807, 2.05) is 0 Å². The molecule has 318 valence electrons. The number of ether oxygens (including phenoxy) is 1. The van der Waals surface area contributed by atoms with Gasteiger partial charge < -0.3 is 61.1 Å². The van der Waals surface area contributed by atoms with Crippen molar-refractivity contribution in [2.45, 2.75) is 76.5 Å². The van der Waals surface area contributed by atoms with Crippen LogP contribution in [0.5, 0.6) is 0 Å². The Morgan fingerprint density at radius 1 is 1.02 bits per heavy atom. The van der Waals surface area contributed by atoms with Crippen LogP contribution in [0.15, 0.2) is 12.7 Å². The van der Waals surface area contributed by atoms with Crippen LogP contribution in [0, 0.1) is 5.41 Å². The maximum absolute atomic E-state index is 12.7. The average Bonchev–Trinajstić information content (AvgIpc) is 3.64. The van der Waals surface area contributed by atoms with Gasteiger partial charge in [0.05, 0.1) is 19.5 Å². The SMILES string of the molecule is CC(C)(COP(=O)(O)OP(=O)(O)OC[C@H]1O[C@@H](n2cnc3c(N)ncnc32)[C@H](O)[C@@H]1OP(=O)(O)O)[C@@H](O)C(=O)NCCC(=O)NCCSC(=O)CCCC(O)O. The number of nitrogens with zero attached hydrogens (tertiary/aromatic N) is 4. The number of aliphatic hydroxyl groups excluding tert-OH is 3. The summed E-state index contributed by atoms with van der Waals surface area (Å²) >= 11 is 0.959. The summed E-state index contributed by atoms with van der Waals surface area (Å²) < 4.78 is 62.0. The van der Waals surface area contributed by atoms with Crippen molar-refractivity contribution in [1.82, 2.24) is 30.2 Å². The number of imidazole rings is 1. The molecule has 2 amide bonds. The Labute approximate surface area is 321 Å². The van der Waals surface area contributed by atoms with Crippen LogP contribution < -0.4 is 16.4 Å². The molecule has 12 N–H and O–H groups in total. The average molecular weight is 884 g/mol. The van der Waals surface area contributed by atoms with Gasteiger partial charge in [-0.3, -0.25) is 32.5 Å². The van der Waals surface area contributed by atoms with E-state index in [-0.39, 0.29) is 60.2 Å². The van der Waals surface area contributed by atoms with Crippen LogP contribution in [-0.4, -0.2) is 139 Å². The summed E-state index contributed by atoms with van der Waals surface area (Å²) in [5.41, 5.74) is 4.22. The highest BCUT2D eigenvalue weighted by molar-refractivity contribution is 8.13. The van der Waals surface area contributed by atoms with Crippen molar-refractivity contribution in [3.63, 3.8) is 0 Å². The molecule has 2 aromatic rings. The van der Waals surface area contributed by atoms with Crippen molar-refractivity contribution < 1.29 is 90.7 Å². The van der Waals surface area contributed by atoms with E-state index in [9.17, 15) is 57.9 Å². The van der Waals surface area contributed by atoms with Gasteiger partial charge in [0.1, 0.15) is 36.3 Å². The maximum atomic E-state index is 12.7. The van der Waals surface area contributed by atoms with E-state index in [0.717, 1.165) is 29.0 Å². The van der Waals surface area contributed by atoms with E-state index in [1.165, 1.54) is 13.8 Å². The van der Waals surface area contributed by atoms with Crippen LogP contribution in [0.3, 0.4) is 0 Å². The fourth-order valence-corrected chi connectivity index (χ4v) is 8.35. The number of fused-ring (bicyclic) bond motifs is 1. The van der Waals surface area contributed by atoms with Gasteiger partial charge in [-0.25, -0.2) is 28.6 Å². The molecule has 0 radical (unpaired) electrons. The summed E-state index contributed by atoms with van der Waals surface area (Å²) in [6, 6.07) is 0. The van der Waals surface area contributed by atoms with Crippen LogP contribution in [-0.2, 0) is 50.7 Å². The number of hydrogen-bond donors (Lipinski definition) is 11. The van der Waals surface area contributed by atoms with Crippen molar-refractivity contribution in [3.05, 3.63) is 12.7 Å². The molecule has 1 saturated heterocycles. The van der Waals surface area contributed by atoms with Gasteiger partial charge in [-0.2, -0.15) is 4.31 Å². The highest BCUT2D eigenvalue weighted by atomic mass is 32.2. The lowest BCUT2D eigenvalue weighted by Gasteiger charge is -2.30. The molecule has 0 bridgehead atoms. The third-order valence-electron chi connectivity index (χ3n) is 7.61. The Balaban J connectivity index is 1.47. The van der Waals surface area contributed by atoms with E-state index in [2.05, 4.69) is 34.4 Å². The number of nitrogen functional groups attached to an aromatic ring is 1. The minimum atomic E-state index is -5.58. The second-order valence-corrected chi connectivity index (χ2v) is 18.1. The third-order valence-corrected chi connectivity index (χ3v) is 11.6. The van der Waals surface area contributed by atoms with Gasteiger partial charge in [0.15, 0.2) is 29.1 Å². The second kappa shape index (κ2) is 20.4. The Hall–Kier alpha value is -2.52. The number of hydrogen-bond acceptors (Lipinski definition) is 20. The lowest BCUT2D eigenvalue weighted by Crippen LogP contribution is -2.46. The fraction of sp³-hybridized carbons (Fsp3) is 0.692. The molecule has 30 heteroatoms. The number of aliphatic hydroxyl groups is 4. The molecular weight excluding hydrogens is 839 g/mol. The molecule has 1 aliphatic heterocycles. The predicted octanol–water partition coefficient (Wildman–Crippen LogP) is -1.85. The van der Waals surface area contributed by atoms with Gasteiger partial charge in [-0.15, -0.1) is 0 Å². The van der Waals surface area contributed by atoms with E-state index >= 15 is 0 Å². The number of carbonyl (C=O) groups is 3. The third kappa shape index (κ3) is 15.0. The number of phosphoric acid groups is 3. The molecule has 0 spiro atoms. The highest BCUT2D eigenvalue weighted by Crippen LogP contribution is 2.61. The molecule has 2 aromatic heterocycles.